The molecular weight excluding hydrogens is 388 g/mol. The van der Waals surface area contributed by atoms with Gasteiger partial charge in [-0.25, -0.2) is 4.68 Å². The fourth-order valence-corrected chi connectivity index (χ4v) is 2.93. The molecular formula is C16H17BrN6O2. The SMILES string of the molecule is Cc1nn(C)c(Nc2ccc(CCn3cc(Br)cn3)cc2)c1[N+](=O)[O-]. The molecule has 0 spiro atoms. The van der Waals surface area contributed by atoms with E-state index >= 15 is 0 Å². The molecule has 0 bridgehead atoms. The average Bonchev–Trinajstić information content (AvgIpc) is 3.10. The molecule has 0 atom stereocenters. The van der Waals surface area contributed by atoms with Crippen LogP contribution < -0.4 is 5.32 Å². The van der Waals surface area contributed by atoms with Gasteiger partial charge in [0.25, 0.3) is 0 Å². The highest BCUT2D eigenvalue weighted by molar-refractivity contribution is 9.10. The van der Waals surface area contributed by atoms with Crippen molar-refractivity contribution < 1.29 is 4.92 Å². The van der Waals surface area contributed by atoms with Crippen LogP contribution in [0.3, 0.4) is 0 Å². The monoisotopic (exact) mass is 404 g/mol. The van der Waals surface area contributed by atoms with E-state index in [1.54, 1.807) is 20.2 Å². The van der Waals surface area contributed by atoms with E-state index < -0.39 is 4.92 Å². The number of halogens is 1. The molecule has 0 saturated heterocycles. The van der Waals surface area contributed by atoms with Gasteiger partial charge in [-0.15, -0.1) is 0 Å². The van der Waals surface area contributed by atoms with Crippen molar-refractivity contribution in [2.45, 2.75) is 19.9 Å². The molecule has 3 rings (SSSR count). The molecule has 0 radical (unpaired) electrons. The minimum Gasteiger partial charge on any atom is -0.335 e. The number of benzene rings is 1. The summed E-state index contributed by atoms with van der Waals surface area (Å²) >= 11 is 3.38. The smallest absolute Gasteiger partial charge is 0.334 e. The Hall–Kier alpha value is -2.68. The van der Waals surface area contributed by atoms with E-state index in [-0.39, 0.29) is 5.69 Å². The van der Waals surface area contributed by atoms with Crippen LogP contribution in [0.2, 0.25) is 0 Å². The van der Waals surface area contributed by atoms with E-state index in [4.69, 9.17) is 0 Å². The zero-order valence-electron chi connectivity index (χ0n) is 13.8. The molecule has 0 aliphatic heterocycles. The van der Waals surface area contributed by atoms with Crippen LogP contribution in [-0.2, 0) is 20.0 Å². The molecule has 130 valence electrons. The van der Waals surface area contributed by atoms with Crippen molar-refractivity contribution in [2.75, 3.05) is 5.32 Å². The summed E-state index contributed by atoms with van der Waals surface area (Å²) in [6, 6.07) is 7.80. The highest BCUT2D eigenvalue weighted by Crippen LogP contribution is 2.30. The maximum absolute atomic E-state index is 11.2. The molecule has 9 heteroatoms. The van der Waals surface area contributed by atoms with Crippen LogP contribution >= 0.6 is 15.9 Å². The summed E-state index contributed by atoms with van der Waals surface area (Å²) in [5, 5.41) is 22.6. The van der Waals surface area contributed by atoms with Crippen molar-refractivity contribution in [1.29, 1.82) is 0 Å². The second kappa shape index (κ2) is 7.06. The van der Waals surface area contributed by atoms with Gasteiger partial charge < -0.3 is 5.32 Å². The van der Waals surface area contributed by atoms with E-state index in [1.807, 2.05) is 35.1 Å². The summed E-state index contributed by atoms with van der Waals surface area (Å²) in [4.78, 5) is 10.8. The lowest BCUT2D eigenvalue weighted by molar-refractivity contribution is -0.384. The predicted octanol–water partition coefficient (Wildman–Crippen LogP) is 3.58. The lowest BCUT2D eigenvalue weighted by atomic mass is 10.1. The van der Waals surface area contributed by atoms with Gasteiger partial charge in [-0.1, -0.05) is 12.1 Å². The molecule has 1 aromatic carbocycles. The summed E-state index contributed by atoms with van der Waals surface area (Å²) in [6.07, 6.45) is 4.54. The second-order valence-electron chi connectivity index (χ2n) is 5.66. The first kappa shape index (κ1) is 17.2. The quantitative estimate of drug-likeness (QED) is 0.500. The summed E-state index contributed by atoms with van der Waals surface area (Å²) < 4.78 is 4.31. The van der Waals surface area contributed by atoms with Gasteiger partial charge in [-0.05, 0) is 47.0 Å². The van der Waals surface area contributed by atoms with E-state index in [0.29, 0.717) is 11.5 Å². The van der Waals surface area contributed by atoms with Gasteiger partial charge in [0.1, 0.15) is 5.69 Å². The fourth-order valence-electron chi connectivity index (χ4n) is 2.60. The molecule has 2 aromatic heterocycles. The average molecular weight is 405 g/mol. The summed E-state index contributed by atoms with van der Waals surface area (Å²) in [5.74, 6) is 0.372. The Morgan fingerprint density at radius 2 is 2.04 bits per heavy atom. The summed E-state index contributed by atoms with van der Waals surface area (Å²) in [6.45, 7) is 2.41. The minimum atomic E-state index is -0.415. The Labute approximate surface area is 152 Å². The molecule has 0 saturated carbocycles. The molecule has 0 aliphatic carbocycles. The third-order valence-electron chi connectivity index (χ3n) is 3.82. The third-order valence-corrected chi connectivity index (χ3v) is 4.23. The maximum Gasteiger partial charge on any atom is 0.334 e. The number of nitrogens with one attached hydrogen (secondary N) is 1. The number of nitrogens with zero attached hydrogens (tertiary/aromatic N) is 5. The Balaban J connectivity index is 1.70. The molecule has 0 unspecified atom stereocenters. The highest BCUT2D eigenvalue weighted by atomic mass is 79.9. The number of rotatable bonds is 6. The van der Waals surface area contributed by atoms with Crippen molar-refractivity contribution in [3.05, 3.63) is 62.5 Å². The van der Waals surface area contributed by atoms with Crippen molar-refractivity contribution >= 4 is 33.1 Å². The minimum absolute atomic E-state index is 0.00386. The third kappa shape index (κ3) is 3.87. The molecule has 8 nitrogen and oxygen atoms in total. The lowest BCUT2D eigenvalue weighted by Crippen LogP contribution is -2.03. The Kier molecular flexibility index (Phi) is 4.84. The van der Waals surface area contributed by atoms with Gasteiger partial charge in [0.05, 0.1) is 15.6 Å². The van der Waals surface area contributed by atoms with Crippen LogP contribution in [-0.4, -0.2) is 24.5 Å². The molecule has 25 heavy (non-hydrogen) atoms. The topological polar surface area (TPSA) is 90.8 Å². The number of aromatic nitrogens is 4. The standard InChI is InChI=1S/C16H17BrN6O2/c1-11-15(23(24)25)16(21(2)20-11)19-14-5-3-12(4-6-14)7-8-22-10-13(17)9-18-22/h3-6,9-10,19H,7-8H2,1-2H3. The predicted molar refractivity (Wildman–Crippen MR) is 98.0 cm³/mol. The van der Waals surface area contributed by atoms with Crippen LogP contribution in [0.1, 0.15) is 11.3 Å². The zero-order valence-corrected chi connectivity index (χ0v) is 15.4. The number of anilines is 2. The molecule has 0 fully saturated rings. The molecule has 3 aromatic rings. The van der Waals surface area contributed by atoms with Crippen molar-refractivity contribution in [3.63, 3.8) is 0 Å². The first-order valence-electron chi connectivity index (χ1n) is 7.66. The highest BCUT2D eigenvalue weighted by Gasteiger charge is 2.23. The van der Waals surface area contributed by atoms with Crippen LogP contribution in [0, 0.1) is 17.0 Å². The zero-order chi connectivity index (χ0) is 18.0. The molecule has 0 aliphatic rings. The molecule has 1 N–H and O–H groups in total. The van der Waals surface area contributed by atoms with Crippen LogP contribution in [0.5, 0.6) is 0 Å². The van der Waals surface area contributed by atoms with Crippen molar-refractivity contribution in [1.82, 2.24) is 19.6 Å². The van der Waals surface area contributed by atoms with Crippen molar-refractivity contribution in [2.24, 2.45) is 7.05 Å². The van der Waals surface area contributed by atoms with Gasteiger partial charge in [0.15, 0.2) is 0 Å². The Morgan fingerprint density at radius 1 is 1.32 bits per heavy atom. The van der Waals surface area contributed by atoms with Crippen molar-refractivity contribution in [3.8, 4) is 0 Å². The summed E-state index contributed by atoms with van der Waals surface area (Å²) in [7, 11) is 1.68. The number of aryl methyl sites for hydroxylation is 4. The van der Waals surface area contributed by atoms with E-state index in [0.717, 1.165) is 28.7 Å². The first-order valence-corrected chi connectivity index (χ1v) is 8.45. The molecule has 0 amide bonds. The van der Waals surface area contributed by atoms with Crippen LogP contribution in [0.4, 0.5) is 17.2 Å². The van der Waals surface area contributed by atoms with Gasteiger partial charge in [0.2, 0.25) is 5.82 Å². The largest absolute Gasteiger partial charge is 0.335 e. The van der Waals surface area contributed by atoms with Crippen LogP contribution in [0.15, 0.2) is 41.1 Å². The number of hydrogen-bond acceptors (Lipinski definition) is 5. The molecule has 2 heterocycles. The summed E-state index contributed by atoms with van der Waals surface area (Å²) in [5.41, 5.74) is 2.32. The van der Waals surface area contributed by atoms with E-state index in [9.17, 15) is 10.1 Å². The van der Waals surface area contributed by atoms with Gasteiger partial charge in [0, 0.05) is 25.5 Å². The van der Waals surface area contributed by atoms with E-state index in [2.05, 4.69) is 31.4 Å². The van der Waals surface area contributed by atoms with Gasteiger partial charge in [-0.3, -0.25) is 14.8 Å². The Bertz CT molecular complexity index is 900. The number of nitro groups is 1. The number of hydrogen-bond donors (Lipinski definition) is 1. The normalized spacial score (nSPS) is 10.8. The maximum atomic E-state index is 11.2. The van der Waals surface area contributed by atoms with Gasteiger partial charge in [-0.2, -0.15) is 10.2 Å². The fraction of sp³-hybridized carbons (Fsp3) is 0.250. The second-order valence-corrected chi connectivity index (χ2v) is 6.57. The van der Waals surface area contributed by atoms with E-state index in [1.165, 1.54) is 4.68 Å². The lowest BCUT2D eigenvalue weighted by Gasteiger charge is -2.08. The Morgan fingerprint density at radius 3 is 2.64 bits per heavy atom. The first-order chi connectivity index (χ1) is 11.9. The van der Waals surface area contributed by atoms with Gasteiger partial charge >= 0.3 is 5.69 Å². The van der Waals surface area contributed by atoms with Crippen LogP contribution in [0.25, 0.3) is 0 Å².